The van der Waals surface area contributed by atoms with Crippen LogP contribution >= 0.6 is 0 Å². The lowest BCUT2D eigenvalue weighted by atomic mass is 9.80. The van der Waals surface area contributed by atoms with E-state index in [-0.39, 0.29) is 50.1 Å². The number of aliphatic imine (C=N–C) groups is 2. The lowest BCUT2D eigenvalue weighted by Gasteiger charge is -2.29. The minimum atomic E-state index is -0.641. The van der Waals surface area contributed by atoms with Crippen LogP contribution in [0.2, 0.25) is 0 Å². The van der Waals surface area contributed by atoms with Crippen LogP contribution < -0.4 is 0 Å². The first-order valence-corrected chi connectivity index (χ1v) is 12.1. The summed E-state index contributed by atoms with van der Waals surface area (Å²) < 4.78 is 10.8. The second-order valence-corrected chi connectivity index (χ2v) is 9.24. The fourth-order valence-corrected chi connectivity index (χ4v) is 4.98. The van der Waals surface area contributed by atoms with Gasteiger partial charge in [0.15, 0.2) is 0 Å². The van der Waals surface area contributed by atoms with Gasteiger partial charge in [-0.1, -0.05) is 45.1 Å². The van der Waals surface area contributed by atoms with Crippen molar-refractivity contribution in [2.24, 2.45) is 33.7 Å². The fourth-order valence-electron chi connectivity index (χ4n) is 4.98. The van der Waals surface area contributed by atoms with E-state index in [1.807, 2.05) is 0 Å². The third-order valence-electron chi connectivity index (χ3n) is 6.95. The van der Waals surface area contributed by atoms with Crippen molar-refractivity contribution in [3.05, 3.63) is 12.2 Å². The SMILES string of the molecule is C=C(CC(=O)OCC(CN=C=O)C1CCCCC1)C(=O)OCC(CN=C=O)C1CCCCC1. The molecule has 0 aromatic heterocycles. The highest BCUT2D eigenvalue weighted by Gasteiger charge is 2.27. The summed E-state index contributed by atoms with van der Waals surface area (Å²) in [6, 6.07) is 0. The molecule has 0 spiro atoms. The van der Waals surface area contributed by atoms with Gasteiger partial charge in [-0.15, -0.1) is 0 Å². The summed E-state index contributed by atoms with van der Waals surface area (Å²) >= 11 is 0. The second kappa shape index (κ2) is 15.3. The lowest BCUT2D eigenvalue weighted by molar-refractivity contribution is -0.148. The van der Waals surface area contributed by atoms with Crippen molar-refractivity contribution in [3.63, 3.8) is 0 Å². The van der Waals surface area contributed by atoms with Gasteiger partial charge in [0.25, 0.3) is 0 Å². The molecule has 0 aromatic carbocycles. The molecule has 0 radical (unpaired) electrons. The van der Waals surface area contributed by atoms with Crippen LogP contribution in [0.5, 0.6) is 0 Å². The first-order chi connectivity index (χ1) is 16.0. The van der Waals surface area contributed by atoms with Crippen LogP contribution in [0.4, 0.5) is 0 Å². The van der Waals surface area contributed by atoms with E-state index in [2.05, 4.69) is 16.6 Å². The predicted octanol–water partition coefficient (Wildman–Crippen LogP) is 4.08. The molecule has 2 fully saturated rings. The van der Waals surface area contributed by atoms with Crippen LogP contribution in [0, 0.1) is 23.7 Å². The van der Waals surface area contributed by atoms with Gasteiger partial charge in [-0.3, -0.25) is 4.79 Å². The quantitative estimate of drug-likeness (QED) is 0.177. The summed E-state index contributed by atoms with van der Waals surface area (Å²) in [7, 11) is 0. The van der Waals surface area contributed by atoms with Gasteiger partial charge in [-0.25, -0.2) is 24.4 Å². The van der Waals surface area contributed by atoms with Gasteiger partial charge in [0, 0.05) is 17.4 Å². The Kier molecular flexibility index (Phi) is 12.4. The standard InChI is InChI=1S/C25H36N2O6/c1-19(25(31)33-16-23(14-27-18-29)21-10-6-3-7-11-21)12-24(30)32-15-22(13-26-17-28)20-8-4-2-5-9-20/h20-23H,1-16H2. The molecule has 2 aliphatic rings. The summed E-state index contributed by atoms with van der Waals surface area (Å²) in [5.74, 6) is -0.537. The van der Waals surface area contributed by atoms with Crippen molar-refractivity contribution in [2.75, 3.05) is 26.3 Å². The van der Waals surface area contributed by atoms with E-state index < -0.39 is 11.9 Å². The molecule has 0 bridgehead atoms. The zero-order valence-corrected chi connectivity index (χ0v) is 19.5. The summed E-state index contributed by atoms with van der Waals surface area (Å²) in [5.41, 5.74) is 0.0291. The number of ether oxygens (including phenoxy) is 2. The molecule has 8 heteroatoms. The van der Waals surface area contributed by atoms with Crippen LogP contribution in [0.3, 0.4) is 0 Å². The molecule has 2 saturated carbocycles. The van der Waals surface area contributed by atoms with E-state index in [4.69, 9.17) is 9.47 Å². The monoisotopic (exact) mass is 460 g/mol. The van der Waals surface area contributed by atoms with Crippen molar-refractivity contribution < 1.29 is 28.7 Å². The topological polar surface area (TPSA) is 111 Å². The molecular formula is C25H36N2O6. The molecule has 2 unspecified atom stereocenters. The normalized spacial score (nSPS) is 18.8. The van der Waals surface area contributed by atoms with E-state index >= 15 is 0 Å². The zero-order valence-electron chi connectivity index (χ0n) is 19.5. The Hall–Kier alpha value is -2.56. The Morgan fingerprint density at radius 2 is 1.24 bits per heavy atom. The molecule has 0 aromatic rings. The molecule has 0 heterocycles. The summed E-state index contributed by atoms with van der Waals surface area (Å²) in [4.78, 5) is 53.1. The molecule has 0 amide bonds. The summed E-state index contributed by atoms with van der Waals surface area (Å²) in [5, 5.41) is 0. The average Bonchev–Trinajstić information content (AvgIpc) is 2.85. The lowest BCUT2D eigenvalue weighted by Crippen LogP contribution is -2.28. The van der Waals surface area contributed by atoms with E-state index in [1.165, 1.54) is 12.8 Å². The van der Waals surface area contributed by atoms with Crippen molar-refractivity contribution in [2.45, 2.75) is 70.6 Å². The molecule has 2 atom stereocenters. The molecule has 8 nitrogen and oxygen atoms in total. The Morgan fingerprint density at radius 3 is 1.70 bits per heavy atom. The van der Waals surface area contributed by atoms with Crippen molar-refractivity contribution >= 4 is 24.1 Å². The zero-order chi connectivity index (χ0) is 23.9. The van der Waals surface area contributed by atoms with Gasteiger partial charge in [-0.2, -0.15) is 0 Å². The van der Waals surface area contributed by atoms with Gasteiger partial charge in [-0.05, 0) is 37.5 Å². The second-order valence-electron chi connectivity index (χ2n) is 9.24. The number of rotatable bonds is 13. The molecule has 0 aliphatic heterocycles. The van der Waals surface area contributed by atoms with E-state index in [0.29, 0.717) is 11.8 Å². The van der Waals surface area contributed by atoms with Crippen LogP contribution in [0.25, 0.3) is 0 Å². The Morgan fingerprint density at radius 1 is 0.788 bits per heavy atom. The van der Waals surface area contributed by atoms with E-state index in [9.17, 15) is 19.2 Å². The molecule has 0 N–H and O–H groups in total. The number of hydrogen-bond acceptors (Lipinski definition) is 8. The largest absolute Gasteiger partial charge is 0.465 e. The van der Waals surface area contributed by atoms with Gasteiger partial charge in [0.05, 0.1) is 32.7 Å². The number of isocyanates is 2. The Bertz CT molecular complexity index is 742. The molecule has 33 heavy (non-hydrogen) atoms. The van der Waals surface area contributed by atoms with E-state index in [0.717, 1.165) is 51.4 Å². The van der Waals surface area contributed by atoms with Gasteiger partial charge < -0.3 is 9.47 Å². The highest BCUT2D eigenvalue weighted by molar-refractivity contribution is 5.93. The third kappa shape index (κ3) is 9.85. The van der Waals surface area contributed by atoms with Crippen LogP contribution in [-0.4, -0.2) is 50.4 Å². The number of carbonyl (C=O) groups is 2. The predicted molar refractivity (Wildman–Crippen MR) is 122 cm³/mol. The number of esters is 2. The molecule has 182 valence electrons. The maximum absolute atomic E-state index is 12.4. The average molecular weight is 461 g/mol. The first-order valence-electron chi connectivity index (χ1n) is 12.1. The highest BCUT2D eigenvalue weighted by atomic mass is 16.5. The molecular weight excluding hydrogens is 424 g/mol. The summed E-state index contributed by atoms with van der Waals surface area (Å²) in [6.07, 6.45) is 13.9. The Balaban J connectivity index is 1.79. The van der Waals surface area contributed by atoms with Crippen molar-refractivity contribution in [1.29, 1.82) is 0 Å². The van der Waals surface area contributed by atoms with Crippen molar-refractivity contribution in [1.82, 2.24) is 0 Å². The molecule has 0 saturated heterocycles. The van der Waals surface area contributed by atoms with Crippen molar-refractivity contribution in [3.8, 4) is 0 Å². The summed E-state index contributed by atoms with van der Waals surface area (Å²) in [6.45, 7) is 4.54. The van der Waals surface area contributed by atoms with Gasteiger partial charge in [0.2, 0.25) is 12.2 Å². The minimum absolute atomic E-state index is 0.0226. The Labute approximate surface area is 195 Å². The minimum Gasteiger partial charge on any atom is -0.465 e. The van der Waals surface area contributed by atoms with Crippen LogP contribution in [0.1, 0.15) is 70.6 Å². The number of carbonyl (C=O) groups excluding carboxylic acids is 4. The highest BCUT2D eigenvalue weighted by Crippen LogP contribution is 2.31. The van der Waals surface area contributed by atoms with Gasteiger partial charge in [0.1, 0.15) is 0 Å². The first kappa shape index (κ1) is 26.7. The van der Waals surface area contributed by atoms with Crippen LogP contribution in [0.15, 0.2) is 22.1 Å². The van der Waals surface area contributed by atoms with Gasteiger partial charge >= 0.3 is 11.9 Å². The smallest absolute Gasteiger partial charge is 0.334 e. The molecule has 2 aliphatic carbocycles. The number of hydrogen-bond donors (Lipinski definition) is 0. The van der Waals surface area contributed by atoms with E-state index in [1.54, 1.807) is 12.2 Å². The molecule has 2 rings (SSSR count). The fraction of sp³-hybridized carbons (Fsp3) is 0.760. The van der Waals surface area contributed by atoms with Crippen LogP contribution in [-0.2, 0) is 28.7 Å². The third-order valence-corrected chi connectivity index (χ3v) is 6.95. The number of nitrogens with zero attached hydrogens (tertiary/aromatic N) is 2. The maximum atomic E-state index is 12.4. The maximum Gasteiger partial charge on any atom is 0.334 e.